The van der Waals surface area contributed by atoms with E-state index in [1.807, 2.05) is 12.1 Å². The van der Waals surface area contributed by atoms with E-state index < -0.39 is 0 Å². The topological polar surface area (TPSA) is 55.5 Å². The number of nitrogens with two attached hydrogens (primary N) is 1. The molecule has 0 aromatic heterocycles. The van der Waals surface area contributed by atoms with Gasteiger partial charge in [0.25, 0.3) is 0 Å². The predicted molar refractivity (Wildman–Crippen MR) is 56.5 cm³/mol. The normalized spacial score (nSPS) is 12.5. The minimum Gasteiger partial charge on any atom is -0.507 e. The van der Waals surface area contributed by atoms with E-state index >= 15 is 0 Å². The van der Waals surface area contributed by atoms with Crippen LogP contribution in [0.15, 0.2) is 18.2 Å². The highest BCUT2D eigenvalue weighted by Crippen LogP contribution is 2.29. The highest BCUT2D eigenvalue weighted by Gasteiger charge is 2.10. The van der Waals surface area contributed by atoms with Gasteiger partial charge >= 0.3 is 0 Å². The Morgan fingerprint density at radius 2 is 2.21 bits per heavy atom. The summed E-state index contributed by atoms with van der Waals surface area (Å²) in [5, 5.41) is 9.66. The second-order valence-electron chi connectivity index (χ2n) is 3.32. The zero-order chi connectivity index (χ0) is 10.6. The average Bonchev–Trinajstić information content (AvgIpc) is 2.17. The van der Waals surface area contributed by atoms with E-state index in [0.717, 1.165) is 18.4 Å². The fraction of sp³-hybridized carbons (Fsp3) is 0.455. The summed E-state index contributed by atoms with van der Waals surface area (Å²) < 4.78 is 4.99. The Morgan fingerprint density at radius 3 is 2.71 bits per heavy atom. The zero-order valence-electron chi connectivity index (χ0n) is 8.66. The average molecular weight is 195 g/mol. The molecule has 0 aliphatic carbocycles. The van der Waals surface area contributed by atoms with Gasteiger partial charge in [-0.05, 0) is 12.5 Å². The number of hydrogen-bond donors (Lipinski definition) is 2. The van der Waals surface area contributed by atoms with Gasteiger partial charge in [0.15, 0.2) is 0 Å². The minimum absolute atomic E-state index is 0.0918. The Balaban J connectivity index is 2.88. The first-order chi connectivity index (χ1) is 6.69. The third-order valence-electron chi connectivity index (χ3n) is 2.24. The lowest BCUT2D eigenvalue weighted by molar-refractivity contribution is 0.405. The molecule has 14 heavy (non-hydrogen) atoms. The van der Waals surface area contributed by atoms with E-state index in [4.69, 9.17) is 10.5 Å². The summed E-state index contributed by atoms with van der Waals surface area (Å²) in [6.45, 7) is 2.07. The molecule has 0 saturated carbocycles. The van der Waals surface area contributed by atoms with E-state index in [1.165, 1.54) is 0 Å². The number of phenolic OH excluding ortho intramolecular Hbond substituents is 1. The molecule has 3 heteroatoms. The molecule has 0 heterocycles. The summed E-state index contributed by atoms with van der Waals surface area (Å²) in [4.78, 5) is 0. The number of ether oxygens (including phenoxy) is 1. The van der Waals surface area contributed by atoms with Crippen molar-refractivity contribution < 1.29 is 9.84 Å². The van der Waals surface area contributed by atoms with Crippen LogP contribution in [0.1, 0.15) is 31.4 Å². The van der Waals surface area contributed by atoms with Crippen molar-refractivity contribution in [3.8, 4) is 11.5 Å². The molecule has 78 valence electrons. The molecule has 1 rings (SSSR count). The van der Waals surface area contributed by atoms with Crippen molar-refractivity contribution in [3.63, 3.8) is 0 Å². The van der Waals surface area contributed by atoms with Crippen LogP contribution in [0.5, 0.6) is 11.5 Å². The van der Waals surface area contributed by atoms with Gasteiger partial charge in [0, 0.05) is 17.7 Å². The van der Waals surface area contributed by atoms with Crippen molar-refractivity contribution in [1.29, 1.82) is 0 Å². The molecule has 0 aliphatic rings. The second-order valence-corrected chi connectivity index (χ2v) is 3.32. The summed E-state index contributed by atoms with van der Waals surface area (Å²) in [6, 6.07) is 5.12. The van der Waals surface area contributed by atoms with Crippen LogP contribution in [0.4, 0.5) is 0 Å². The first kappa shape index (κ1) is 10.9. The Hall–Kier alpha value is -1.22. The monoisotopic (exact) mass is 195 g/mol. The maximum absolute atomic E-state index is 9.66. The molecule has 0 saturated heterocycles. The summed E-state index contributed by atoms with van der Waals surface area (Å²) in [6.07, 6.45) is 1.88. The first-order valence-corrected chi connectivity index (χ1v) is 4.81. The lowest BCUT2D eigenvalue weighted by Crippen LogP contribution is -2.09. The van der Waals surface area contributed by atoms with Crippen molar-refractivity contribution in [2.45, 2.75) is 25.8 Å². The Bertz CT molecular complexity index is 299. The number of phenols is 1. The van der Waals surface area contributed by atoms with Crippen LogP contribution in [0.3, 0.4) is 0 Å². The number of benzene rings is 1. The maximum Gasteiger partial charge on any atom is 0.124 e. The molecular weight excluding hydrogens is 178 g/mol. The summed E-state index contributed by atoms with van der Waals surface area (Å²) >= 11 is 0. The molecule has 3 N–H and O–H groups in total. The van der Waals surface area contributed by atoms with Gasteiger partial charge in [-0.15, -0.1) is 0 Å². The standard InChI is InChI=1S/C11H17NO2/c1-3-4-10(12)9-6-5-8(14-2)7-11(9)13/h5-7,10,13H,3-4,12H2,1-2H3/t10-/m1/s1. The quantitative estimate of drug-likeness (QED) is 0.774. The van der Waals surface area contributed by atoms with Gasteiger partial charge in [0.05, 0.1) is 7.11 Å². The zero-order valence-corrected chi connectivity index (χ0v) is 8.66. The molecule has 1 aromatic rings. The van der Waals surface area contributed by atoms with Crippen LogP contribution >= 0.6 is 0 Å². The number of rotatable bonds is 4. The third kappa shape index (κ3) is 2.39. The summed E-state index contributed by atoms with van der Waals surface area (Å²) in [5.74, 6) is 0.861. The van der Waals surface area contributed by atoms with Crippen molar-refractivity contribution in [2.24, 2.45) is 5.73 Å². The second kappa shape index (κ2) is 4.86. The number of hydrogen-bond acceptors (Lipinski definition) is 3. The SMILES string of the molecule is CCC[C@@H](N)c1ccc(OC)cc1O. The molecule has 0 aliphatic heterocycles. The van der Waals surface area contributed by atoms with Gasteiger partial charge in [-0.3, -0.25) is 0 Å². The van der Waals surface area contributed by atoms with Crippen molar-refractivity contribution in [2.75, 3.05) is 7.11 Å². The molecule has 1 aromatic carbocycles. The highest BCUT2D eigenvalue weighted by atomic mass is 16.5. The number of methoxy groups -OCH3 is 1. The van der Waals surface area contributed by atoms with Gasteiger partial charge < -0.3 is 15.6 Å². The molecule has 0 fully saturated rings. The smallest absolute Gasteiger partial charge is 0.124 e. The molecule has 0 unspecified atom stereocenters. The Kier molecular flexibility index (Phi) is 3.77. The molecule has 3 nitrogen and oxygen atoms in total. The van der Waals surface area contributed by atoms with E-state index in [2.05, 4.69) is 6.92 Å². The van der Waals surface area contributed by atoms with E-state index in [0.29, 0.717) is 5.75 Å². The van der Waals surface area contributed by atoms with Gasteiger partial charge in [-0.2, -0.15) is 0 Å². The summed E-state index contributed by atoms with van der Waals surface area (Å²) in [5.41, 5.74) is 6.68. The fourth-order valence-electron chi connectivity index (χ4n) is 1.43. The van der Waals surface area contributed by atoms with Crippen molar-refractivity contribution >= 4 is 0 Å². The highest BCUT2D eigenvalue weighted by molar-refractivity contribution is 5.41. The molecule has 0 spiro atoms. The molecule has 1 atom stereocenters. The fourth-order valence-corrected chi connectivity index (χ4v) is 1.43. The van der Waals surface area contributed by atoms with Gasteiger partial charge in [0.2, 0.25) is 0 Å². The molecular formula is C11H17NO2. The van der Waals surface area contributed by atoms with Crippen LogP contribution in [-0.4, -0.2) is 12.2 Å². The maximum atomic E-state index is 9.66. The van der Waals surface area contributed by atoms with E-state index in [9.17, 15) is 5.11 Å². The van der Waals surface area contributed by atoms with Crippen LogP contribution in [0, 0.1) is 0 Å². The summed E-state index contributed by atoms with van der Waals surface area (Å²) in [7, 11) is 1.57. The van der Waals surface area contributed by atoms with Gasteiger partial charge in [-0.1, -0.05) is 19.4 Å². The van der Waals surface area contributed by atoms with Crippen LogP contribution in [0.25, 0.3) is 0 Å². The van der Waals surface area contributed by atoms with Crippen LogP contribution < -0.4 is 10.5 Å². The van der Waals surface area contributed by atoms with Crippen molar-refractivity contribution in [1.82, 2.24) is 0 Å². The molecule has 0 radical (unpaired) electrons. The third-order valence-corrected chi connectivity index (χ3v) is 2.24. The molecule has 0 amide bonds. The van der Waals surface area contributed by atoms with Gasteiger partial charge in [-0.25, -0.2) is 0 Å². The first-order valence-electron chi connectivity index (χ1n) is 4.81. The van der Waals surface area contributed by atoms with E-state index in [1.54, 1.807) is 13.2 Å². The Labute approximate surface area is 84.5 Å². The van der Waals surface area contributed by atoms with Crippen LogP contribution in [0.2, 0.25) is 0 Å². The van der Waals surface area contributed by atoms with Crippen LogP contribution in [-0.2, 0) is 0 Å². The number of aromatic hydroxyl groups is 1. The lowest BCUT2D eigenvalue weighted by Gasteiger charge is -2.13. The lowest BCUT2D eigenvalue weighted by atomic mass is 10.0. The minimum atomic E-state index is -0.0918. The van der Waals surface area contributed by atoms with E-state index in [-0.39, 0.29) is 11.8 Å². The molecule has 0 bridgehead atoms. The van der Waals surface area contributed by atoms with Crippen molar-refractivity contribution in [3.05, 3.63) is 23.8 Å². The predicted octanol–water partition coefficient (Wildman–Crippen LogP) is 2.20. The Morgan fingerprint density at radius 1 is 1.50 bits per heavy atom. The van der Waals surface area contributed by atoms with Gasteiger partial charge in [0.1, 0.15) is 11.5 Å². The largest absolute Gasteiger partial charge is 0.507 e.